The molecule has 20 heavy (non-hydrogen) atoms. The Morgan fingerprint density at radius 3 is 2.65 bits per heavy atom. The first-order valence-electron chi connectivity index (χ1n) is 5.92. The summed E-state index contributed by atoms with van der Waals surface area (Å²) in [6.45, 7) is 1.80. The number of benzene rings is 1. The third-order valence-corrected chi connectivity index (χ3v) is 3.63. The number of H-pyrrole nitrogens is 1. The van der Waals surface area contributed by atoms with Gasteiger partial charge in [0, 0.05) is 28.5 Å². The van der Waals surface area contributed by atoms with Crippen molar-refractivity contribution in [1.82, 2.24) is 4.98 Å². The molecule has 0 radical (unpaired) electrons. The highest BCUT2D eigenvalue weighted by molar-refractivity contribution is 7.99. The van der Waals surface area contributed by atoms with Crippen molar-refractivity contribution < 1.29 is 4.79 Å². The van der Waals surface area contributed by atoms with E-state index in [1.807, 2.05) is 0 Å². The predicted molar refractivity (Wildman–Crippen MR) is 82.6 cm³/mol. The van der Waals surface area contributed by atoms with Gasteiger partial charge in [0.1, 0.15) is 0 Å². The molecule has 1 aromatic carbocycles. The molecule has 0 unspecified atom stereocenters. The summed E-state index contributed by atoms with van der Waals surface area (Å²) in [5.41, 5.74) is 1.40. The molecule has 0 spiro atoms. The molecule has 1 amide bonds. The average Bonchev–Trinajstić information content (AvgIpc) is 2.38. The first kappa shape index (κ1) is 14.7. The van der Waals surface area contributed by atoms with Crippen LogP contribution in [0.15, 0.2) is 46.2 Å². The minimum Gasteiger partial charge on any atom is -0.354 e. The fourth-order valence-electron chi connectivity index (χ4n) is 1.60. The van der Waals surface area contributed by atoms with Crippen LogP contribution in [0.1, 0.15) is 5.69 Å². The van der Waals surface area contributed by atoms with E-state index in [0.717, 1.165) is 5.69 Å². The van der Waals surface area contributed by atoms with Gasteiger partial charge in [0.05, 0.1) is 10.8 Å². The summed E-state index contributed by atoms with van der Waals surface area (Å²) in [4.78, 5) is 26.2. The molecule has 2 N–H and O–H groups in total. The topological polar surface area (TPSA) is 62.0 Å². The normalized spacial score (nSPS) is 10.3. The Morgan fingerprint density at radius 1 is 1.30 bits per heavy atom. The van der Waals surface area contributed by atoms with Gasteiger partial charge in [-0.25, -0.2) is 0 Å². The number of pyridine rings is 1. The molecule has 0 saturated heterocycles. The standard InChI is InChI=1S/C14H13ClN2O2S/c1-9-6-12(18)7-14(16-9)20-8-13(19)17-11-4-2-10(15)3-5-11/h2-7H,8H2,1H3,(H,16,18)(H,17,19). The molecule has 0 aliphatic heterocycles. The zero-order valence-electron chi connectivity index (χ0n) is 10.8. The van der Waals surface area contributed by atoms with E-state index in [9.17, 15) is 9.59 Å². The maximum atomic E-state index is 11.8. The van der Waals surface area contributed by atoms with Crippen molar-refractivity contribution in [2.75, 3.05) is 11.1 Å². The molecule has 1 heterocycles. The van der Waals surface area contributed by atoms with E-state index in [1.165, 1.54) is 23.9 Å². The number of amides is 1. The number of hydrogen-bond donors (Lipinski definition) is 2. The largest absolute Gasteiger partial charge is 0.354 e. The molecule has 0 atom stereocenters. The van der Waals surface area contributed by atoms with Crippen molar-refractivity contribution in [1.29, 1.82) is 0 Å². The monoisotopic (exact) mass is 308 g/mol. The van der Waals surface area contributed by atoms with Crippen LogP contribution in [0.3, 0.4) is 0 Å². The van der Waals surface area contributed by atoms with E-state index in [-0.39, 0.29) is 17.1 Å². The molecule has 0 bridgehead atoms. The Labute approximate surface area is 125 Å². The van der Waals surface area contributed by atoms with Gasteiger partial charge in [-0.2, -0.15) is 0 Å². The quantitative estimate of drug-likeness (QED) is 0.853. The molecule has 0 aliphatic rings. The first-order chi connectivity index (χ1) is 9.52. The van der Waals surface area contributed by atoms with Gasteiger partial charge in [-0.3, -0.25) is 9.59 Å². The fourth-order valence-corrected chi connectivity index (χ4v) is 2.52. The third-order valence-electron chi connectivity index (χ3n) is 2.44. The van der Waals surface area contributed by atoms with Gasteiger partial charge in [-0.15, -0.1) is 0 Å². The van der Waals surface area contributed by atoms with Crippen molar-refractivity contribution in [2.24, 2.45) is 0 Å². The van der Waals surface area contributed by atoms with Gasteiger partial charge >= 0.3 is 0 Å². The number of carbonyl (C=O) groups excluding carboxylic acids is 1. The SMILES string of the molecule is Cc1cc(=O)cc(SCC(=O)Nc2ccc(Cl)cc2)[nH]1. The molecule has 104 valence electrons. The lowest BCUT2D eigenvalue weighted by Crippen LogP contribution is -2.14. The minimum atomic E-state index is -0.139. The predicted octanol–water partition coefficient (Wildman–Crippen LogP) is 3.07. The van der Waals surface area contributed by atoms with E-state index in [0.29, 0.717) is 15.7 Å². The third kappa shape index (κ3) is 4.43. The number of nitrogens with one attached hydrogen (secondary N) is 2. The zero-order valence-corrected chi connectivity index (χ0v) is 12.3. The molecule has 2 aromatic rings. The fraction of sp³-hybridized carbons (Fsp3) is 0.143. The summed E-state index contributed by atoms with van der Waals surface area (Å²) < 4.78 is 0. The van der Waals surface area contributed by atoms with Crippen molar-refractivity contribution in [2.45, 2.75) is 11.9 Å². The Bertz CT molecular complexity index is 668. The van der Waals surface area contributed by atoms with Crippen LogP contribution < -0.4 is 10.7 Å². The zero-order chi connectivity index (χ0) is 14.5. The Morgan fingerprint density at radius 2 is 2.00 bits per heavy atom. The summed E-state index contributed by atoms with van der Waals surface area (Å²) in [5.74, 6) is 0.0850. The second-order valence-corrected chi connectivity index (χ2v) is 5.66. The van der Waals surface area contributed by atoms with E-state index in [4.69, 9.17) is 11.6 Å². The first-order valence-corrected chi connectivity index (χ1v) is 7.28. The maximum Gasteiger partial charge on any atom is 0.234 e. The molecule has 2 rings (SSSR count). The lowest BCUT2D eigenvalue weighted by atomic mass is 10.3. The number of hydrogen-bond acceptors (Lipinski definition) is 3. The Balaban J connectivity index is 1.92. The molecule has 1 aromatic heterocycles. The highest BCUT2D eigenvalue weighted by Crippen LogP contribution is 2.16. The van der Waals surface area contributed by atoms with Gasteiger partial charge in [0.25, 0.3) is 0 Å². The van der Waals surface area contributed by atoms with E-state index < -0.39 is 0 Å². The lowest BCUT2D eigenvalue weighted by molar-refractivity contribution is -0.113. The van der Waals surface area contributed by atoms with Gasteiger partial charge in [0.2, 0.25) is 5.91 Å². The molecular weight excluding hydrogens is 296 g/mol. The number of anilines is 1. The van der Waals surface area contributed by atoms with Crippen LogP contribution in [0.4, 0.5) is 5.69 Å². The number of thioether (sulfide) groups is 1. The van der Waals surface area contributed by atoms with E-state index >= 15 is 0 Å². The van der Waals surface area contributed by atoms with Crippen molar-refractivity contribution >= 4 is 35.0 Å². The molecule has 0 aliphatic carbocycles. The van der Waals surface area contributed by atoms with Crippen LogP contribution in [-0.4, -0.2) is 16.6 Å². The number of aromatic nitrogens is 1. The van der Waals surface area contributed by atoms with Crippen molar-refractivity contribution in [3.05, 3.63) is 57.3 Å². The Kier molecular flexibility index (Phi) is 4.87. The van der Waals surface area contributed by atoms with Gasteiger partial charge in [0.15, 0.2) is 5.43 Å². The number of aryl methyl sites for hydroxylation is 1. The molecular formula is C14H13ClN2O2S. The molecule has 4 nitrogen and oxygen atoms in total. The van der Waals surface area contributed by atoms with Crippen molar-refractivity contribution in [3.8, 4) is 0 Å². The van der Waals surface area contributed by atoms with Crippen LogP contribution >= 0.6 is 23.4 Å². The van der Waals surface area contributed by atoms with Gasteiger partial charge in [-0.1, -0.05) is 23.4 Å². The van der Waals surface area contributed by atoms with Crippen LogP contribution in [0.2, 0.25) is 5.02 Å². The van der Waals surface area contributed by atoms with Crippen LogP contribution in [0.5, 0.6) is 0 Å². The van der Waals surface area contributed by atoms with Crippen LogP contribution in [0.25, 0.3) is 0 Å². The highest BCUT2D eigenvalue weighted by atomic mass is 35.5. The lowest BCUT2D eigenvalue weighted by Gasteiger charge is -2.05. The van der Waals surface area contributed by atoms with E-state index in [2.05, 4.69) is 10.3 Å². The number of rotatable bonds is 4. The summed E-state index contributed by atoms with van der Waals surface area (Å²) in [5, 5.41) is 4.06. The Hall–Kier alpha value is -1.72. The smallest absolute Gasteiger partial charge is 0.234 e. The highest BCUT2D eigenvalue weighted by Gasteiger charge is 2.05. The molecule has 0 saturated carbocycles. The summed E-state index contributed by atoms with van der Waals surface area (Å²) in [6.07, 6.45) is 0. The van der Waals surface area contributed by atoms with Crippen molar-refractivity contribution in [3.63, 3.8) is 0 Å². The summed E-state index contributed by atoms with van der Waals surface area (Å²) in [7, 11) is 0. The summed E-state index contributed by atoms with van der Waals surface area (Å²) >= 11 is 7.05. The van der Waals surface area contributed by atoms with Crippen LogP contribution in [-0.2, 0) is 4.79 Å². The van der Waals surface area contributed by atoms with Gasteiger partial charge in [-0.05, 0) is 31.2 Å². The molecule has 6 heteroatoms. The molecule has 0 fully saturated rings. The number of carbonyl (C=O) groups is 1. The number of halogens is 1. The second-order valence-electron chi connectivity index (χ2n) is 4.21. The average molecular weight is 309 g/mol. The number of aromatic amines is 1. The minimum absolute atomic E-state index is 0.0677. The maximum absolute atomic E-state index is 11.8. The van der Waals surface area contributed by atoms with Gasteiger partial charge < -0.3 is 10.3 Å². The van der Waals surface area contributed by atoms with E-state index in [1.54, 1.807) is 31.2 Å². The van der Waals surface area contributed by atoms with Crippen LogP contribution in [0, 0.1) is 6.92 Å². The summed E-state index contributed by atoms with van der Waals surface area (Å²) in [6, 6.07) is 9.88. The second kappa shape index (κ2) is 6.63.